The number of aromatic nitrogens is 1. The number of carbonyl (C=O) groups excluding carboxylic acids is 1. The molecule has 0 bridgehead atoms. The molecule has 0 unspecified atom stereocenters. The Labute approximate surface area is 144 Å². The second-order valence-electron chi connectivity index (χ2n) is 5.61. The fraction of sp³-hybridized carbons (Fsp3) is 0.105. The number of aromatic carboxylic acids is 1. The van der Waals surface area contributed by atoms with Gasteiger partial charge < -0.3 is 14.9 Å². The molecule has 0 aliphatic heterocycles. The number of carboxylic acids is 1. The molecule has 0 aliphatic carbocycles. The minimum absolute atomic E-state index is 0.191. The average molecular weight is 336 g/mol. The van der Waals surface area contributed by atoms with Crippen molar-refractivity contribution in [3.05, 3.63) is 77.0 Å². The molecule has 126 valence electrons. The Hall–Kier alpha value is -3.41. The smallest absolute Gasteiger partial charge is 0.335 e. The summed E-state index contributed by atoms with van der Waals surface area (Å²) in [5.74, 6) is -0.659. The van der Waals surface area contributed by atoms with Gasteiger partial charge in [0, 0.05) is 17.2 Å². The van der Waals surface area contributed by atoms with Crippen molar-refractivity contribution in [1.29, 1.82) is 0 Å². The predicted octanol–water partition coefficient (Wildman–Crippen LogP) is 3.28. The van der Waals surface area contributed by atoms with Crippen LogP contribution in [0.3, 0.4) is 0 Å². The summed E-state index contributed by atoms with van der Waals surface area (Å²) in [6.07, 6.45) is 0. The van der Waals surface area contributed by atoms with Gasteiger partial charge in [0.1, 0.15) is 5.69 Å². The van der Waals surface area contributed by atoms with E-state index >= 15 is 0 Å². The Kier molecular flexibility index (Phi) is 4.61. The summed E-state index contributed by atoms with van der Waals surface area (Å²) in [5.41, 5.74) is 3.19. The number of rotatable bonds is 5. The lowest BCUT2D eigenvalue weighted by molar-refractivity contribution is 0.0696. The van der Waals surface area contributed by atoms with Gasteiger partial charge in [-0.25, -0.2) is 4.79 Å². The molecule has 1 heterocycles. The van der Waals surface area contributed by atoms with Crippen molar-refractivity contribution in [3.8, 4) is 11.3 Å². The summed E-state index contributed by atoms with van der Waals surface area (Å²) in [5, 5.41) is 15.6. The van der Waals surface area contributed by atoms with Crippen LogP contribution in [-0.2, 0) is 6.54 Å². The van der Waals surface area contributed by atoms with Gasteiger partial charge in [-0.3, -0.25) is 4.79 Å². The van der Waals surface area contributed by atoms with Crippen molar-refractivity contribution in [1.82, 2.24) is 10.5 Å². The van der Waals surface area contributed by atoms with E-state index in [1.807, 2.05) is 19.1 Å². The van der Waals surface area contributed by atoms with Crippen LogP contribution < -0.4 is 5.32 Å². The fourth-order valence-corrected chi connectivity index (χ4v) is 2.29. The monoisotopic (exact) mass is 336 g/mol. The molecule has 3 rings (SSSR count). The molecule has 2 aromatic carbocycles. The van der Waals surface area contributed by atoms with E-state index in [1.165, 1.54) is 12.1 Å². The molecule has 0 saturated heterocycles. The maximum atomic E-state index is 12.1. The van der Waals surface area contributed by atoms with E-state index in [2.05, 4.69) is 10.5 Å². The van der Waals surface area contributed by atoms with Gasteiger partial charge in [0.2, 0.25) is 0 Å². The van der Waals surface area contributed by atoms with E-state index in [0.717, 1.165) is 11.1 Å². The number of hydrogen-bond donors (Lipinski definition) is 2. The van der Waals surface area contributed by atoms with Crippen molar-refractivity contribution in [2.24, 2.45) is 0 Å². The van der Waals surface area contributed by atoms with Gasteiger partial charge in [-0.05, 0) is 31.2 Å². The minimum atomic E-state index is -0.980. The average Bonchev–Trinajstić information content (AvgIpc) is 3.09. The van der Waals surface area contributed by atoms with Gasteiger partial charge in [0.25, 0.3) is 5.91 Å². The maximum absolute atomic E-state index is 12.1. The molecule has 25 heavy (non-hydrogen) atoms. The van der Waals surface area contributed by atoms with Gasteiger partial charge in [0.05, 0.1) is 12.1 Å². The number of amides is 1. The van der Waals surface area contributed by atoms with Crippen LogP contribution >= 0.6 is 0 Å². The molecule has 0 fully saturated rings. The largest absolute Gasteiger partial charge is 0.478 e. The first-order valence-corrected chi connectivity index (χ1v) is 7.67. The lowest BCUT2D eigenvalue weighted by Crippen LogP contribution is -2.22. The summed E-state index contributed by atoms with van der Waals surface area (Å²) in [6.45, 7) is 2.17. The van der Waals surface area contributed by atoms with E-state index in [1.54, 1.807) is 30.3 Å². The predicted molar refractivity (Wildman–Crippen MR) is 91.2 cm³/mol. The lowest BCUT2D eigenvalue weighted by atomic mass is 10.1. The highest BCUT2D eigenvalue weighted by Crippen LogP contribution is 2.20. The second kappa shape index (κ2) is 7.00. The van der Waals surface area contributed by atoms with E-state index in [4.69, 9.17) is 9.63 Å². The van der Waals surface area contributed by atoms with Crippen LogP contribution in [0.4, 0.5) is 0 Å². The topological polar surface area (TPSA) is 92.4 Å². The molecule has 6 heteroatoms. The molecule has 1 amide bonds. The van der Waals surface area contributed by atoms with E-state index in [9.17, 15) is 9.59 Å². The Balaban J connectivity index is 1.64. The molecule has 2 N–H and O–H groups in total. The highest BCUT2D eigenvalue weighted by atomic mass is 16.5. The first-order valence-electron chi connectivity index (χ1n) is 7.67. The zero-order chi connectivity index (χ0) is 17.8. The number of aryl methyl sites for hydroxylation is 1. The number of nitrogens with zero attached hydrogens (tertiary/aromatic N) is 1. The zero-order valence-corrected chi connectivity index (χ0v) is 13.5. The standard InChI is InChI=1S/C19H16N2O4/c1-12-2-4-14(5-3-12)18(22)20-11-16-10-17(21-25-16)13-6-8-15(9-7-13)19(23)24/h2-10H,11H2,1H3,(H,20,22)(H,23,24). The van der Waals surface area contributed by atoms with Crippen molar-refractivity contribution < 1.29 is 19.2 Å². The van der Waals surface area contributed by atoms with Gasteiger partial charge in [-0.2, -0.15) is 0 Å². The first kappa shape index (κ1) is 16.4. The molecular weight excluding hydrogens is 320 g/mol. The Morgan fingerprint density at radius 3 is 2.32 bits per heavy atom. The molecule has 0 radical (unpaired) electrons. The summed E-state index contributed by atoms with van der Waals surface area (Å²) >= 11 is 0. The summed E-state index contributed by atoms with van der Waals surface area (Å²) in [7, 11) is 0. The normalized spacial score (nSPS) is 10.4. The van der Waals surface area contributed by atoms with Crippen LogP contribution in [0.15, 0.2) is 59.1 Å². The molecule has 0 aliphatic rings. The van der Waals surface area contributed by atoms with E-state index in [0.29, 0.717) is 17.0 Å². The zero-order valence-electron chi connectivity index (χ0n) is 13.5. The number of benzene rings is 2. The highest BCUT2D eigenvalue weighted by molar-refractivity contribution is 5.94. The number of carboxylic acid groups (broad SMARTS) is 1. The molecule has 0 spiro atoms. The van der Waals surface area contributed by atoms with Crippen molar-refractivity contribution in [2.45, 2.75) is 13.5 Å². The van der Waals surface area contributed by atoms with Crippen LogP contribution in [-0.4, -0.2) is 22.1 Å². The number of nitrogens with one attached hydrogen (secondary N) is 1. The highest BCUT2D eigenvalue weighted by Gasteiger charge is 2.10. The molecular formula is C19H16N2O4. The van der Waals surface area contributed by atoms with Gasteiger partial charge in [0.15, 0.2) is 5.76 Å². The van der Waals surface area contributed by atoms with Gasteiger partial charge >= 0.3 is 5.97 Å². The van der Waals surface area contributed by atoms with Crippen LogP contribution in [0.2, 0.25) is 0 Å². The van der Waals surface area contributed by atoms with Crippen LogP contribution in [0.1, 0.15) is 32.0 Å². The van der Waals surface area contributed by atoms with Crippen LogP contribution in [0.5, 0.6) is 0 Å². The molecule has 6 nitrogen and oxygen atoms in total. The Morgan fingerprint density at radius 1 is 1.04 bits per heavy atom. The van der Waals surface area contributed by atoms with Crippen LogP contribution in [0, 0.1) is 6.92 Å². The first-order chi connectivity index (χ1) is 12.0. The van der Waals surface area contributed by atoms with Crippen LogP contribution in [0.25, 0.3) is 11.3 Å². The van der Waals surface area contributed by atoms with Crippen molar-refractivity contribution in [2.75, 3.05) is 0 Å². The van der Waals surface area contributed by atoms with Crippen molar-refractivity contribution in [3.63, 3.8) is 0 Å². The fourth-order valence-electron chi connectivity index (χ4n) is 2.29. The summed E-state index contributed by atoms with van der Waals surface area (Å²) in [4.78, 5) is 22.9. The van der Waals surface area contributed by atoms with E-state index < -0.39 is 5.97 Å². The number of carbonyl (C=O) groups is 2. The molecule has 3 aromatic rings. The third-order valence-electron chi connectivity index (χ3n) is 3.72. The maximum Gasteiger partial charge on any atom is 0.335 e. The molecule has 0 atom stereocenters. The molecule has 1 aromatic heterocycles. The van der Waals surface area contributed by atoms with Gasteiger partial charge in [-0.1, -0.05) is 35.0 Å². The SMILES string of the molecule is Cc1ccc(C(=O)NCc2cc(-c3ccc(C(=O)O)cc3)no2)cc1. The minimum Gasteiger partial charge on any atom is -0.478 e. The lowest BCUT2D eigenvalue weighted by Gasteiger charge is -2.03. The quantitative estimate of drug-likeness (QED) is 0.746. The molecule has 0 saturated carbocycles. The third kappa shape index (κ3) is 3.92. The summed E-state index contributed by atoms with van der Waals surface area (Å²) < 4.78 is 5.22. The van der Waals surface area contributed by atoms with E-state index in [-0.39, 0.29) is 18.0 Å². The Morgan fingerprint density at radius 2 is 1.68 bits per heavy atom. The summed E-state index contributed by atoms with van der Waals surface area (Å²) in [6, 6.07) is 15.3. The Bertz CT molecular complexity index is 896. The second-order valence-corrected chi connectivity index (χ2v) is 5.61. The third-order valence-corrected chi connectivity index (χ3v) is 3.72. The number of hydrogen-bond acceptors (Lipinski definition) is 4. The van der Waals surface area contributed by atoms with Crippen molar-refractivity contribution >= 4 is 11.9 Å². The van der Waals surface area contributed by atoms with Gasteiger partial charge in [-0.15, -0.1) is 0 Å².